The van der Waals surface area contributed by atoms with Crippen molar-refractivity contribution in [2.24, 2.45) is 21.1 Å². The Hall–Kier alpha value is -9.06. The molecule has 3 aromatic carbocycles. The molecule has 6 heterocycles. The summed E-state index contributed by atoms with van der Waals surface area (Å²) in [5.41, 5.74) is 7.54. The number of pyridine rings is 3. The van der Waals surface area contributed by atoms with Crippen LogP contribution >= 0.6 is 0 Å². The first kappa shape index (κ1) is 40.2. The molecule has 9 rings (SSSR count). The molecular weight excluding hydrogens is 877 g/mol. The first-order chi connectivity index (χ1) is 35.4. The van der Waals surface area contributed by atoms with Crippen LogP contribution in [0.15, 0.2) is 146 Å². The summed E-state index contributed by atoms with van der Waals surface area (Å²) in [5, 5.41) is 45.0. The van der Waals surface area contributed by atoms with Crippen LogP contribution in [0, 0.1) is 51.1 Å². The zero-order chi connectivity index (χ0) is 54.6. The van der Waals surface area contributed by atoms with Gasteiger partial charge in [0.05, 0.1) is 50.4 Å². The lowest BCUT2D eigenvalue weighted by atomic mass is 10.0. The Morgan fingerprint density at radius 2 is 0.725 bits per heavy atom. The smallest absolute Gasteiger partial charge is 0.270 e. The summed E-state index contributed by atoms with van der Waals surface area (Å²) >= 11 is 0. The average Bonchev–Trinajstić information content (AvgIpc) is 4.16. The largest absolute Gasteiger partial charge is 0.276 e. The van der Waals surface area contributed by atoms with Crippen LogP contribution < -0.4 is 0 Å². The van der Waals surface area contributed by atoms with E-state index < -0.39 is 33.9 Å². The normalized spacial score (nSPS) is 12.6. The molecule has 18 heteroatoms. The second-order valence-electron chi connectivity index (χ2n) is 15.6. The van der Waals surface area contributed by atoms with Crippen LogP contribution in [0.1, 0.15) is 58.7 Å². The highest BCUT2D eigenvalue weighted by Gasteiger charge is 2.15. The van der Waals surface area contributed by atoms with E-state index in [1.54, 1.807) is 113 Å². The highest BCUT2D eigenvalue weighted by molar-refractivity contribution is 5.68. The van der Waals surface area contributed by atoms with Gasteiger partial charge in [0.2, 0.25) is 0 Å². The van der Waals surface area contributed by atoms with Crippen molar-refractivity contribution >= 4 is 17.1 Å². The molecule has 0 unspecified atom stereocenters. The van der Waals surface area contributed by atoms with E-state index in [1.165, 1.54) is 69.0 Å². The van der Waals surface area contributed by atoms with Gasteiger partial charge >= 0.3 is 0 Å². The average molecular weight is 931 g/mol. The van der Waals surface area contributed by atoms with E-state index >= 15 is 0 Å². The monoisotopic (exact) mass is 930 g/mol. The summed E-state index contributed by atoms with van der Waals surface area (Å²) in [5.74, 6) is 0. The van der Waals surface area contributed by atoms with Crippen LogP contribution in [0.4, 0.5) is 17.1 Å². The molecule has 0 aliphatic carbocycles. The quantitative estimate of drug-likeness (QED) is 0.0825. The maximum atomic E-state index is 11.0. The van der Waals surface area contributed by atoms with Crippen LogP contribution in [0.25, 0.3) is 33.8 Å². The van der Waals surface area contributed by atoms with Gasteiger partial charge in [-0.1, -0.05) is 54.6 Å². The van der Waals surface area contributed by atoms with E-state index in [2.05, 4.69) is 30.2 Å². The van der Waals surface area contributed by atoms with Crippen LogP contribution in [0.5, 0.6) is 0 Å². The number of aryl methyl sites for hydroxylation is 6. The third kappa shape index (κ3) is 12.6. The van der Waals surface area contributed by atoms with E-state index in [0.717, 1.165) is 16.7 Å². The van der Waals surface area contributed by atoms with Gasteiger partial charge in [-0.3, -0.25) is 59.3 Å². The van der Waals surface area contributed by atoms with Gasteiger partial charge in [-0.15, -0.1) is 0 Å². The third-order valence-electron chi connectivity index (χ3n) is 10.2. The van der Waals surface area contributed by atoms with E-state index in [1.807, 2.05) is 20.8 Å². The number of benzene rings is 3. The number of nitrogens with zero attached hydrogens (tertiary/aromatic N) is 12. The fourth-order valence-corrected chi connectivity index (χ4v) is 6.87. The topological polar surface area (TPSA) is 222 Å². The number of aromatic nitrogens is 9. The van der Waals surface area contributed by atoms with Gasteiger partial charge in [-0.2, -0.15) is 15.3 Å². The summed E-state index contributed by atoms with van der Waals surface area (Å²) in [4.78, 5) is 45.0. The Kier molecular flexibility index (Phi) is 12.5. The molecule has 0 amide bonds. The second kappa shape index (κ2) is 21.5. The predicted octanol–water partition coefficient (Wildman–Crippen LogP) is 9.87. The molecular formula is C51H48N12O6. The summed E-state index contributed by atoms with van der Waals surface area (Å²) in [6.45, 7) is 5.51. The fourth-order valence-electron chi connectivity index (χ4n) is 6.87. The standard InChI is InChI=1S/3C17H16N4O2/c3*1-12-6-7-15(8-13-10-18-20(2)11-13)19-17(12)14-4-3-5-16(9-14)21(22)23/h3*3-7,9-11H,8H2,1-2H3/i3*8D2. The number of nitro benzene ring substituents is 3. The van der Waals surface area contributed by atoms with Crippen LogP contribution in [-0.2, 0) is 40.3 Å². The molecule has 18 nitrogen and oxygen atoms in total. The van der Waals surface area contributed by atoms with Crippen LogP contribution in [0.3, 0.4) is 0 Å². The lowest BCUT2D eigenvalue weighted by Crippen LogP contribution is -1.97. The summed E-state index contributed by atoms with van der Waals surface area (Å²) in [6.07, 6.45) is 3.75. The number of rotatable bonds is 12. The van der Waals surface area contributed by atoms with Gasteiger partial charge in [-0.05, 0) is 72.4 Å². The van der Waals surface area contributed by atoms with E-state index in [4.69, 9.17) is 8.22 Å². The number of hydrogen-bond donors (Lipinski definition) is 0. The molecule has 0 saturated carbocycles. The second-order valence-corrected chi connectivity index (χ2v) is 15.6. The minimum atomic E-state index is -1.82. The zero-order valence-corrected chi connectivity index (χ0v) is 38.2. The number of non-ortho nitro benzene ring substituents is 3. The third-order valence-corrected chi connectivity index (χ3v) is 10.2. The molecule has 0 aliphatic rings. The molecule has 9 aromatic rings. The Balaban J connectivity index is 0.000000164. The summed E-state index contributed by atoms with van der Waals surface area (Å²) in [6, 6.07) is 28.7. The molecule has 69 heavy (non-hydrogen) atoms. The van der Waals surface area contributed by atoms with Gasteiger partial charge in [0, 0.05) is 137 Å². The minimum absolute atomic E-state index is 0.0284. The molecule has 0 spiro atoms. The van der Waals surface area contributed by atoms with Gasteiger partial charge in [0.25, 0.3) is 17.1 Å². The van der Waals surface area contributed by atoms with Crippen molar-refractivity contribution < 1.29 is 23.0 Å². The van der Waals surface area contributed by atoms with Crippen molar-refractivity contribution in [2.45, 2.75) is 39.9 Å². The maximum Gasteiger partial charge on any atom is 0.270 e. The lowest BCUT2D eigenvalue weighted by Gasteiger charge is -2.08. The Morgan fingerprint density at radius 3 is 0.957 bits per heavy atom. The molecule has 6 aromatic heterocycles. The molecule has 0 N–H and O–H groups in total. The summed E-state index contributed by atoms with van der Waals surface area (Å²) in [7, 11) is 5.16. The predicted molar refractivity (Wildman–Crippen MR) is 261 cm³/mol. The highest BCUT2D eigenvalue weighted by atomic mass is 16.6. The maximum absolute atomic E-state index is 11.0. The number of nitro groups is 3. The Labute approximate surface area is 405 Å². The lowest BCUT2D eigenvalue weighted by molar-refractivity contribution is -0.385. The van der Waals surface area contributed by atoms with Crippen molar-refractivity contribution in [1.82, 2.24) is 44.3 Å². The molecule has 0 fully saturated rings. The molecule has 0 saturated heterocycles. The minimum Gasteiger partial charge on any atom is -0.276 e. The first-order valence-corrected chi connectivity index (χ1v) is 21.0. The van der Waals surface area contributed by atoms with Crippen molar-refractivity contribution in [2.75, 3.05) is 0 Å². The molecule has 0 bridgehead atoms. The Bertz CT molecular complexity index is 3230. The van der Waals surface area contributed by atoms with E-state index in [0.29, 0.717) is 50.5 Å². The molecule has 0 radical (unpaired) electrons. The molecule has 348 valence electrons. The summed E-state index contributed by atoms with van der Waals surface area (Å²) < 4.78 is 55.0. The van der Waals surface area contributed by atoms with Crippen molar-refractivity contribution in [3.63, 3.8) is 0 Å². The van der Waals surface area contributed by atoms with Crippen LogP contribution in [0.2, 0.25) is 0 Å². The fraction of sp³-hybridized carbons (Fsp3) is 0.176. The molecule has 0 atom stereocenters. The van der Waals surface area contributed by atoms with E-state index in [-0.39, 0.29) is 34.1 Å². The van der Waals surface area contributed by atoms with Crippen LogP contribution in [-0.4, -0.2) is 59.1 Å². The van der Waals surface area contributed by atoms with Crippen molar-refractivity contribution in [3.8, 4) is 33.8 Å². The van der Waals surface area contributed by atoms with Gasteiger partial charge < -0.3 is 0 Å². The van der Waals surface area contributed by atoms with Gasteiger partial charge in [0.1, 0.15) is 0 Å². The molecule has 0 aliphatic heterocycles. The van der Waals surface area contributed by atoms with Gasteiger partial charge in [-0.25, -0.2) is 0 Å². The Morgan fingerprint density at radius 1 is 0.449 bits per heavy atom. The zero-order valence-electron chi connectivity index (χ0n) is 44.2. The first-order valence-electron chi connectivity index (χ1n) is 24.0. The highest BCUT2D eigenvalue weighted by Crippen LogP contribution is 2.29. The van der Waals surface area contributed by atoms with Crippen molar-refractivity contribution in [1.29, 1.82) is 0 Å². The van der Waals surface area contributed by atoms with Crippen molar-refractivity contribution in [3.05, 3.63) is 227 Å². The SMILES string of the molecule is [2H]C([2H])(c1cnn(C)c1)c1ccc(C)c(-c2cccc([N+](=O)[O-])c2)n1.[2H]C([2H])(c1cnn(C)c1)c1ccc(C)c(-c2cccc([N+](=O)[O-])c2)n1.[2H]C([2H])(c1cnn(C)c1)c1ccc(C)c(-c2cccc([N+](=O)[O-])c2)n1. The van der Waals surface area contributed by atoms with E-state index in [9.17, 15) is 30.3 Å². The number of hydrogen-bond acceptors (Lipinski definition) is 12. The van der Waals surface area contributed by atoms with Gasteiger partial charge in [0.15, 0.2) is 0 Å².